The average molecular weight is 445 g/mol. The van der Waals surface area contributed by atoms with E-state index in [0.717, 1.165) is 21.2 Å². The standard InChI is InChI=1S/C22H25BrN2O3/c1-14-5-6-17(11-15(14)2)20(26)9-10-22(28)25(4)13-21(27)24-19-8-7-18(23)12-16(19)3/h5-8,11-12H,9-10,13H2,1-4H3,(H,24,27). The lowest BCUT2D eigenvalue weighted by Crippen LogP contribution is -2.35. The minimum Gasteiger partial charge on any atom is -0.336 e. The van der Waals surface area contributed by atoms with Crippen molar-refractivity contribution in [2.24, 2.45) is 0 Å². The number of carbonyl (C=O) groups is 3. The van der Waals surface area contributed by atoms with Crippen molar-refractivity contribution in [3.8, 4) is 0 Å². The molecule has 0 saturated carbocycles. The quantitative estimate of drug-likeness (QED) is 0.642. The molecule has 0 spiro atoms. The fourth-order valence-corrected chi connectivity index (χ4v) is 3.21. The van der Waals surface area contributed by atoms with E-state index in [4.69, 9.17) is 0 Å². The smallest absolute Gasteiger partial charge is 0.243 e. The van der Waals surface area contributed by atoms with E-state index in [1.165, 1.54) is 4.90 Å². The number of halogens is 1. The maximum atomic E-state index is 12.3. The van der Waals surface area contributed by atoms with Gasteiger partial charge in [-0.25, -0.2) is 0 Å². The van der Waals surface area contributed by atoms with Crippen molar-refractivity contribution in [1.29, 1.82) is 0 Å². The van der Waals surface area contributed by atoms with Crippen LogP contribution in [0.25, 0.3) is 0 Å². The fourth-order valence-electron chi connectivity index (χ4n) is 2.73. The molecule has 0 aliphatic heterocycles. The number of nitrogens with zero attached hydrogens (tertiary/aromatic N) is 1. The number of ketones is 1. The van der Waals surface area contributed by atoms with Gasteiger partial charge in [0.25, 0.3) is 0 Å². The van der Waals surface area contributed by atoms with Crippen LogP contribution in [0.1, 0.15) is 39.9 Å². The molecule has 2 aromatic carbocycles. The van der Waals surface area contributed by atoms with E-state index >= 15 is 0 Å². The van der Waals surface area contributed by atoms with E-state index in [-0.39, 0.29) is 37.0 Å². The molecule has 0 atom stereocenters. The number of aryl methyl sites for hydroxylation is 3. The Morgan fingerprint density at radius 3 is 2.29 bits per heavy atom. The van der Waals surface area contributed by atoms with Gasteiger partial charge < -0.3 is 10.2 Å². The lowest BCUT2D eigenvalue weighted by atomic mass is 10.0. The van der Waals surface area contributed by atoms with Gasteiger partial charge in [0.1, 0.15) is 0 Å². The molecular formula is C22H25BrN2O3. The van der Waals surface area contributed by atoms with E-state index in [1.54, 1.807) is 19.2 Å². The van der Waals surface area contributed by atoms with Crippen LogP contribution in [-0.4, -0.2) is 36.1 Å². The molecule has 6 heteroatoms. The largest absolute Gasteiger partial charge is 0.336 e. The first-order valence-corrected chi connectivity index (χ1v) is 9.87. The SMILES string of the molecule is Cc1ccc(C(=O)CCC(=O)N(C)CC(=O)Nc2ccc(Br)cc2C)cc1C. The van der Waals surface area contributed by atoms with Gasteiger partial charge in [-0.15, -0.1) is 0 Å². The molecule has 0 radical (unpaired) electrons. The fraction of sp³-hybridized carbons (Fsp3) is 0.318. The highest BCUT2D eigenvalue weighted by Crippen LogP contribution is 2.20. The molecule has 0 heterocycles. The van der Waals surface area contributed by atoms with Crippen molar-refractivity contribution in [1.82, 2.24) is 4.90 Å². The summed E-state index contributed by atoms with van der Waals surface area (Å²) in [6.07, 6.45) is 0.200. The number of hydrogen-bond donors (Lipinski definition) is 1. The van der Waals surface area contributed by atoms with Gasteiger partial charge in [0, 0.05) is 35.6 Å². The molecule has 0 saturated heterocycles. The molecule has 0 aliphatic rings. The summed E-state index contributed by atoms with van der Waals surface area (Å²) < 4.78 is 0.934. The molecule has 148 valence electrons. The third-order valence-electron chi connectivity index (χ3n) is 4.66. The van der Waals surface area contributed by atoms with Gasteiger partial charge in [0.2, 0.25) is 11.8 Å². The summed E-state index contributed by atoms with van der Waals surface area (Å²) in [5.74, 6) is -0.582. The molecule has 2 aromatic rings. The van der Waals surface area contributed by atoms with Crippen LogP contribution in [0.4, 0.5) is 5.69 Å². The molecular weight excluding hydrogens is 420 g/mol. The van der Waals surface area contributed by atoms with Crippen molar-refractivity contribution in [2.75, 3.05) is 18.9 Å². The van der Waals surface area contributed by atoms with Gasteiger partial charge in [-0.1, -0.05) is 28.1 Å². The van der Waals surface area contributed by atoms with Gasteiger partial charge in [-0.2, -0.15) is 0 Å². The predicted octanol–water partition coefficient (Wildman–Crippen LogP) is 4.43. The Bertz CT molecular complexity index is 909. The molecule has 5 nitrogen and oxygen atoms in total. The first kappa shape index (κ1) is 21.8. The Balaban J connectivity index is 1.85. The van der Waals surface area contributed by atoms with Crippen LogP contribution in [0.2, 0.25) is 0 Å². The Morgan fingerprint density at radius 1 is 0.929 bits per heavy atom. The van der Waals surface area contributed by atoms with Crippen LogP contribution in [-0.2, 0) is 9.59 Å². The van der Waals surface area contributed by atoms with Gasteiger partial charge in [-0.05, 0) is 61.7 Å². The third kappa shape index (κ3) is 6.02. The second-order valence-corrected chi connectivity index (χ2v) is 7.90. The van der Waals surface area contributed by atoms with Crippen molar-refractivity contribution in [3.05, 3.63) is 63.1 Å². The van der Waals surface area contributed by atoms with E-state index < -0.39 is 0 Å². The summed E-state index contributed by atoms with van der Waals surface area (Å²) in [4.78, 5) is 38.2. The zero-order chi connectivity index (χ0) is 20.8. The van der Waals surface area contributed by atoms with Crippen molar-refractivity contribution in [2.45, 2.75) is 33.6 Å². The highest BCUT2D eigenvalue weighted by atomic mass is 79.9. The lowest BCUT2D eigenvalue weighted by molar-refractivity contribution is -0.133. The summed E-state index contributed by atoms with van der Waals surface area (Å²) >= 11 is 3.38. The van der Waals surface area contributed by atoms with Crippen molar-refractivity contribution < 1.29 is 14.4 Å². The lowest BCUT2D eigenvalue weighted by Gasteiger charge is -2.17. The second kappa shape index (κ2) is 9.64. The predicted molar refractivity (Wildman–Crippen MR) is 115 cm³/mol. The number of Topliss-reactive ketones (excluding diaryl/α,β-unsaturated/α-hetero) is 1. The van der Waals surface area contributed by atoms with Gasteiger partial charge in [0.15, 0.2) is 5.78 Å². The number of benzene rings is 2. The summed E-state index contributed by atoms with van der Waals surface area (Å²) in [5, 5.41) is 2.80. The van der Waals surface area contributed by atoms with E-state index in [0.29, 0.717) is 11.3 Å². The number of carbonyl (C=O) groups excluding carboxylic acids is 3. The summed E-state index contributed by atoms with van der Waals surface area (Å²) in [5.41, 5.74) is 4.42. The van der Waals surface area contributed by atoms with Crippen LogP contribution in [0.3, 0.4) is 0 Å². The van der Waals surface area contributed by atoms with E-state index in [9.17, 15) is 14.4 Å². The van der Waals surface area contributed by atoms with Crippen molar-refractivity contribution >= 4 is 39.2 Å². The Hall–Kier alpha value is -2.47. The monoisotopic (exact) mass is 444 g/mol. The molecule has 0 fully saturated rings. The number of hydrogen-bond acceptors (Lipinski definition) is 3. The number of nitrogens with one attached hydrogen (secondary N) is 1. The van der Waals surface area contributed by atoms with Crippen LogP contribution < -0.4 is 5.32 Å². The molecule has 2 amide bonds. The molecule has 0 unspecified atom stereocenters. The second-order valence-electron chi connectivity index (χ2n) is 6.98. The third-order valence-corrected chi connectivity index (χ3v) is 5.16. The van der Waals surface area contributed by atoms with Crippen LogP contribution in [0.5, 0.6) is 0 Å². The topological polar surface area (TPSA) is 66.5 Å². The number of amides is 2. The molecule has 28 heavy (non-hydrogen) atoms. The number of anilines is 1. The number of rotatable bonds is 7. The van der Waals surface area contributed by atoms with Gasteiger partial charge in [-0.3, -0.25) is 14.4 Å². The summed E-state index contributed by atoms with van der Waals surface area (Å²) in [7, 11) is 1.57. The maximum absolute atomic E-state index is 12.3. The van der Waals surface area contributed by atoms with E-state index in [2.05, 4.69) is 21.2 Å². The van der Waals surface area contributed by atoms with Gasteiger partial charge >= 0.3 is 0 Å². The minimum absolute atomic E-state index is 0.0633. The van der Waals surface area contributed by atoms with E-state index in [1.807, 2.05) is 45.0 Å². The van der Waals surface area contributed by atoms with Crippen LogP contribution >= 0.6 is 15.9 Å². The van der Waals surface area contributed by atoms with Crippen LogP contribution in [0.15, 0.2) is 40.9 Å². The Morgan fingerprint density at radius 2 is 1.64 bits per heavy atom. The molecule has 0 aromatic heterocycles. The first-order chi connectivity index (χ1) is 13.2. The minimum atomic E-state index is -0.276. The van der Waals surface area contributed by atoms with Crippen molar-refractivity contribution in [3.63, 3.8) is 0 Å². The molecule has 2 rings (SSSR count). The zero-order valence-electron chi connectivity index (χ0n) is 16.6. The highest BCUT2D eigenvalue weighted by Gasteiger charge is 2.16. The zero-order valence-corrected chi connectivity index (χ0v) is 18.2. The first-order valence-electron chi connectivity index (χ1n) is 9.08. The number of likely N-dealkylation sites (N-methyl/N-ethyl adjacent to an activating group) is 1. The van der Waals surface area contributed by atoms with Gasteiger partial charge in [0.05, 0.1) is 6.54 Å². The molecule has 0 bridgehead atoms. The maximum Gasteiger partial charge on any atom is 0.243 e. The van der Waals surface area contributed by atoms with Crippen LogP contribution in [0, 0.1) is 20.8 Å². The Kier molecular flexibility index (Phi) is 7.52. The Labute approximate surface area is 174 Å². The highest BCUT2D eigenvalue weighted by molar-refractivity contribution is 9.10. The molecule has 0 aliphatic carbocycles. The summed E-state index contributed by atoms with van der Waals surface area (Å²) in [6.45, 7) is 5.78. The normalized spacial score (nSPS) is 10.5. The molecule has 1 N–H and O–H groups in total. The average Bonchev–Trinajstić information content (AvgIpc) is 2.63. The summed E-state index contributed by atoms with van der Waals surface area (Å²) in [6, 6.07) is 11.1.